The lowest BCUT2D eigenvalue weighted by Crippen LogP contribution is -2.54. The molecule has 1 amide bonds. The van der Waals surface area contributed by atoms with Crippen LogP contribution in [0, 0.1) is 0 Å². The van der Waals surface area contributed by atoms with Gasteiger partial charge in [0.15, 0.2) is 0 Å². The Morgan fingerprint density at radius 2 is 2.26 bits per heavy atom. The molecule has 0 aromatic heterocycles. The van der Waals surface area contributed by atoms with Crippen LogP contribution in [0.3, 0.4) is 0 Å². The largest absolute Gasteiger partial charge is 0.496 e. The number of halogens is 1. The number of nitrogens with one attached hydrogen (secondary N) is 2. The van der Waals surface area contributed by atoms with E-state index >= 15 is 0 Å². The van der Waals surface area contributed by atoms with Crippen molar-refractivity contribution in [1.82, 2.24) is 5.32 Å². The topological polar surface area (TPSA) is 50.4 Å². The van der Waals surface area contributed by atoms with E-state index in [1.54, 1.807) is 7.11 Å². The van der Waals surface area contributed by atoms with Crippen LogP contribution in [0.2, 0.25) is 0 Å². The Morgan fingerprint density at radius 1 is 1.47 bits per heavy atom. The number of benzene rings is 1. The van der Waals surface area contributed by atoms with E-state index in [9.17, 15) is 4.79 Å². The number of hydrogen-bond donors (Lipinski definition) is 2. The quantitative estimate of drug-likeness (QED) is 0.897. The van der Waals surface area contributed by atoms with E-state index in [0.717, 1.165) is 41.7 Å². The lowest BCUT2D eigenvalue weighted by Gasteiger charge is -2.33. The number of methoxy groups -OCH3 is 1. The molecular weight excluding hydrogens is 308 g/mol. The number of carbonyl (C=O) groups excluding carboxylic acids is 1. The molecule has 1 aromatic carbocycles. The Morgan fingerprint density at radius 3 is 2.84 bits per heavy atom. The van der Waals surface area contributed by atoms with Crippen molar-refractivity contribution in [3.05, 3.63) is 22.7 Å². The van der Waals surface area contributed by atoms with Gasteiger partial charge in [-0.2, -0.15) is 0 Å². The molecule has 104 valence electrons. The molecular formula is C14H19BrN2O2. The fourth-order valence-corrected chi connectivity index (χ4v) is 2.80. The van der Waals surface area contributed by atoms with Gasteiger partial charge in [-0.3, -0.25) is 4.79 Å². The first-order valence-corrected chi connectivity index (χ1v) is 7.24. The highest BCUT2D eigenvalue weighted by Crippen LogP contribution is 2.28. The first-order chi connectivity index (χ1) is 9.05. The maximum atomic E-state index is 12.3. The number of ether oxygens (including phenoxy) is 1. The van der Waals surface area contributed by atoms with E-state index in [2.05, 4.69) is 26.6 Å². The number of hydrogen-bond acceptors (Lipinski definition) is 3. The van der Waals surface area contributed by atoms with Crippen LogP contribution < -0.4 is 15.4 Å². The van der Waals surface area contributed by atoms with Crippen LogP contribution in [0.5, 0.6) is 5.75 Å². The third-order valence-corrected chi connectivity index (χ3v) is 4.15. The van der Waals surface area contributed by atoms with Crippen molar-refractivity contribution in [1.29, 1.82) is 0 Å². The molecule has 1 atom stereocenters. The summed E-state index contributed by atoms with van der Waals surface area (Å²) in [6, 6.07) is 5.52. The minimum atomic E-state index is -0.468. The van der Waals surface area contributed by atoms with Crippen molar-refractivity contribution >= 4 is 27.5 Å². The molecule has 1 fully saturated rings. The zero-order valence-corrected chi connectivity index (χ0v) is 12.8. The molecule has 2 N–H and O–H groups in total. The summed E-state index contributed by atoms with van der Waals surface area (Å²) in [5, 5.41) is 6.26. The lowest BCUT2D eigenvalue weighted by atomic mass is 9.90. The molecule has 0 spiro atoms. The fraction of sp³-hybridized carbons (Fsp3) is 0.500. The van der Waals surface area contributed by atoms with Gasteiger partial charge >= 0.3 is 0 Å². The molecule has 19 heavy (non-hydrogen) atoms. The molecule has 0 aliphatic carbocycles. The Labute approximate surface area is 122 Å². The summed E-state index contributed by atoms with van der Waals surface area (Å²) in [5.74, 6) is 0.768. The average Bonchev–Trinajstić information content (AvgIpc) is 2.40. The summed E-state index contributed by atoms with van der Waals surface area (Å²) < 4.78 is 6.00. The van der Waals surface area contributed by atoms with Crippen LogP contribution >= 0.6 is 15.9 Å². The highest BCUT2D eigenvalue weighted by molar-refractivity contribution is 9.10. The van der Waals surface area contributed by atoms with Gasteiger partial charge in [0.2, 0.25) is 5.91 Å². The summed E-state index contributed by atoms with van der Waals surface area (Å²) in [7, 11) is 1.62. The summed E-state index contributed by atoms with van der Waals surface area (Å²) >= 11 is 3.41. The van der Waals surface area contributed by atoms with Crippen molar-refractivity contribution in [2.75, 3.05) is 19.0 Å². The number of carbonyl (C=O) groups is 1. The highest BCUT2D eigenvalue weighted by Gasteiger charge is 2.34. The van der Waals surface area contributed by atoms with E-state index in [0.29, 0.717) is 0 Å². The van der Waals surface area contributed by atoms with E-state index in [4.69, 9.17) is 4.74 Å². The Kier molecular flexibility index (Phi) is 4.47. The minimum absolute atomic E-state index is 0.0178. The van der Waals surface area contributed by atoms with E-state index in [-0.39, 0.29) is 5.91 Å². The molecule has 0 saturated carbocycles. The minimum Gasteiger partial charge on any atom is -0.496 e. The third-order valence-electron chi connectivity index (χ3n) is 3.53. The van der Waals surface area contributed by atoms with Gasteiger partial charge in [0.05, 0.1) is 17.1 Å². The van der Waals surface area contributed by atoms with Crippen LogP contribution in [-0.4, -0.2) is 25.1 Å². The molecule has 2 rings (SSSR count). The Bertz CT molecular complexity index is 471. The van der Waals surface area contributed by atoms with Crippen LogP contribution in [0.4, 0.5) is 5.69 Å². The predicted molar refractivity (Wildman–Crippen MR) is 79.6 cm³/mol. The number of amides is 1. The van der Waals surface area contributed by atoms with Crippen LogP contribution in [0.25, 0.3) is 0 Å². The molecule has 1 heterocycles. The van der Waals surface area contributed by atoms with Gasteiger partial charge in [0.1, 0.15) is 5.75 Å². The van der Waals surface area contributed by atoms with Crippen molar-refractivity contribution in [3.63, 3.8) is 0 Å². The Hall–Kier alpha value is -1.07. The number of anilines is 1. The van der Waals surface area contributed by atoms with Gasteiger partial charge in [0, 0.05) is 5.69 Å². The SMILES string of the molecule is COc1ccc(NC(=O)C2(C)CCCCN2)cc1Br. The zero-order valence-electron chi connectivity index (χ0n) is 11.3. The third kappa shape index (κ3) is 3.28. The molecule has 4 nitrogen and oxygen atoms in total. The second kappa shape index (κ2) is 5.92. The van der Waals surface area contributed by atoms with E-state index < -0.39 is 5.54 Å². The van der Waals surface area contributed by atoms with Gasteiger partial charge in [0.25, 0.3) is 0 Å². The van der Waals surface area contributed by atoms with E-state index in [1.165, 1.54) is 0 Å². The predicted octanol–water partition coefficient (Wildman–Crippen LogP) is 2.93. The summed E-state index contributed by atoms with van der Waals surface area (Å²) in [4.78, 5) is 12.3. The van der Waals surface area contributed by atoms with E-state index in [1.807, 2.05) is 25.1 Å². The van der Waals surface area contributed by atoms with Crippen molar-refractivity contribution in [2.45, 2.75) is 31.7 Å². The molecule has 1 aromatic rings. The van der Waals surface area contributed by atoms with Crippen molar-refractivity contribution < 1.29 is 9.53 Å². The standard InChI is InChI=1S/C14H19BrN2O2/c1-14(7-3-4-8-16-14)13(18)17-10-5-6-12(19-2)11(15)9-10/h5-6,9,16H,3-4,7-8H2,1-2H3,(H,17,18). The van der Waals surface area contributed by atoms with Gasteiger partial charge in [-0.25, -0.2) is 0 Å². The van der Waals surface area contributed by atoms with Crippen LogP contribution in [0.15, 0.2) is 22.7 Å². The monoisotopic (exact) mass is 326 g/mol. The smallest absolute Gasteiger partial charge is 0.244 e. The summed E-state index contributed by atoms with van der Waals surface area (Å²) in [6.45, 7) is 2.86. The lowest BCUT2D eigenvalue weighted by molar-refractivity contribution is -0.122. The molecule has 1 aliphatic heterocycles. The Balaban J connectivity index is 2.08. The summed E-state index contributed by atoms with van der Waals surface area (Å²) in [5.41, 5.74) is 0.302. The first kappa shape index (κ1) is 14.3. The normalized spacial score (nSPS) is 22.9. The molecule has 0 radical (unpaired) electrons. The maximum Gasteiger partial charge on any atom is 0.244 e. The molecule has 5 heteroatoms. The number of rotatable bonds is 3. The second-order valence-electron chi connectivity index (χ2n) is 5.02. The maximum absolute atomic E-state index is 12.3. The van der Waals surface area contributed by atoms with Crippen molar-refractivity contribution in [3.8, 4) is 5.75 Å². The fourth-order valence-electron chi connectivity index (χ4n) is 2.26. The zero-order chi connectivity index (χ0) is 13.9. The highest BCUT2D eigenvalue weighted by atomic mass is 79.9. The average molecular weight is 327 g/mol. The number of piperidine rings is 1. The molecule has 1 unspecified atom stereocenters. The second-order valence-corrected chi connectivity index (χ2v) is 5.87. The molecule has 0 bridgehead atoms. The van der Waals surface area contributed by atoms with Crippen LogP contribution in [-0.2, 0) is 4.79 Å². The summed E-state index contributed by atoms with van der Waals surface area (Å²) in [6.07, 6.45) is 3.09. The van der Waals surface area contributed by atoms with Gasteiger partial charge in [-0.1, -0.05) is 0 Å². The van der Waals surface area contributed by atoms with Gasteiger partial charge in [-0.15, -0.1) is 0 Å². The molecule has 1 saturated heterocycles. The first-order valence-electron chi connectivity index (χ1n) is 6.45. The van der Waals surface area contributed by atoms with Crippen LogP contribution in [0.1, 0.15) is 26.2 Å². The molecule has 1 aliphatic rings. The van der Waals surface area contributed by atoms with Crippen molar-refractivity contribution in [2.24, 2.45) is 0 Å². The van der Waals surface area contributed by atoms with Gasteiger partial charge < -0.3 is 15.4 Å². The van der Waals surface area contributed by atoms with Gasteiger partial charge in [-0.05, 0) is 66.9 Å².